The molecule has 0 atom stereocenters. The van der Waals surface area contributed by atoms with Gasteiger partial charge in [0.2, 0.25) is 0 Å². The molecule has 0 saturated heterocycles. The van der Waals surface area contributed by atoms with E-state index in [0.717, 1.165) is 6.42 Å². The van der Waals surface area contributed by atoms with Gasteiger partial charge in [0, 0.05) is 12.0 Å². The van der Waals surface area contributed by atoms with Crippen molar-refractivity contribution in [3.63, 3.8) is 0 Å². The molecule has 2 nitrogen and oxygen atoms in total. The van der Waals surface area contributed by atoms with E-state index in [9.17, 15) is 9.18 Å². The van der Waals surface area contributed by atoms with Crippen LogP contribution in [0.15, 0.2) is 24.3 Å². The van der Waals surface area contributed by atoms with Crippen molar-refractivity contribution in [3.8, 4) is 0 Å². The molecule has 1 rings (SSSR count). The van der Waals surface area contributed by atoms with Gasteiger partial charge < -0.3 is 0 Å². The number of ketones is 1. The minimum absolute atomic E-state index is 0.00904. The third kappa shape index (κ3) is 3.91. The molecule has 18 heavy (non-hydrogen) atoms. The molecule has 1 aromatic carbocycles. The van der Waals surface area contributed by atoms with E-state index in [0.29, 0.717) is 12.1 Å². The second kappa shape index (κ2) is 6.10. The highest BCUT2D eigenvalue weighted by Crippen LogP contribution is 2.16. The van der Waals surface area contributed by atoms with Crippen LogP contribution in [-0.4, -0.2) is 29.8 Å². The summed E-state index contributed by atoms with van der Waals surface area (Å²) in [6.07, 6.45) is 1.13. The van der Waals surface area contributed by atoms with Crippen LogP contribution in [0.3, 0.4) is 0 Å². The molecule has 0 saturated carbocycles. The lowest BCUT2D eigenvalue weighted by Crippen LogP contribution is -2.43. The van der Waals surface area contributed by atoms with E-state index >= 15 is 0 Å². The van der Waals surface area contributed by atoms with Gasteiger partial charge in [-0.05, 0) is 38.9 Å². The molecule has 0 aliphatic rings. The van der Waals surface area contributed by atoms with Crippen molar-refractivity contribution < 1.29 is 9.18 Å². The molecule has 0 spiro atoms. The second-order valence-corrected chi connectivity index (χ2v) is 5.33. The highest BCUT2D eigenvalue weighted by Gasteiger charge is 2.23. The van der Waals surface area contributed by atoms with Crippen LogP contribution in [-0.2, 0) is 11.2 Å². The molecule has 0 bridgehead atoms. The number of rotatable bonds is 6. The Morgan fingerprint density at radius 3 is 2.50 bits per heavy atom. The Morgan fingerprint density at radius 2 is 1.94 bits per heavy atom. The normalized spacial score (nSPS) is 11.9. The van der Waals surface area contributed by atoms with Gasteiger partial charge in [0.05, 0.1) is 6.54 Å². The minimum Gasteiger partial charge on any atom is -0.298 e. The zero-order valence-electron chi connectivity index (χ0n) is 11.7. The van der Waals surface area contributed by atoms with Crippen molar-refractivity contribution in [3.05, 3.63) is 35.6 Å². The first-order chi connectivity index (χ1) is 8.36. The van der Waals surface area contributed by atoms with Crippen LogP contribution in [0, 0.1) is 5.82 Å². The maximum Gasteiger partial charge on any atom is 0.151 e. The van der Waals surface area contributed by atoms with E-state index in [2.05, 4.69) is 20.8 Å². The summed E-state index contributed by atoms with van der Waals surface area (Å²) in [5.41, 5.74) is 0.468. The lowest BCUT2D eigenvalue weighted by molar-refractivity contribution is -0.120. The molecule has 1 aromatic rings. The number of hydrogen-bond acceptors (Lipinski definition) is 2. The lowest BCUT2D eigenvalue weighted by Gasteiger charge is -2.34. The first kappa shape index (κ1) is 14.8. The Labute approximate surface area is 109 Å². The molecule has 0 N–H and O–H groups in total. The molecule has 0 aromatic heterocycles. The Bertz CT molecular complexity index is 415. The van der Waals surface area contributed by atoms with Crippen LogP contribution in [0.4, 0.5) is 4.39 Å². The average molecular weight is 251 g/mol. The number of nitrogens with zero attached hydrogens (tertiary/aromatic N) is 1. The van der Waals surface area contributed by atoms with E-state index in [-0.39, 0.29) is 23.6 Å². The van der Waals surface area contributed by atoms with E-state index in [1.54, 1.807) is 18.2 Å². The summed E-state index contributed by atoms with van der Waals surface area (Å²) >= 11 is 0. The maximum atomic E-state index is 13.4. The van der Waals surface area contributed by atoms with Crippen molar-refractivity contribution in [2.24, 2.45) is 0 Å². The Morgan fingerprint density at radius 1 is 1.33 bits per heavy atom. The fourth-order valence-electron chi connectivity index (χ4n) is 1.66. The fraction of sp³-hybridized carbons (Fsp3) is 0.533. The number of carbonyl (C=O) groups is 1. The van der Waals surface area contributed by atoms with Crippen LogP contribution in [0.1, 0.15) is 32.8 Å². The Hall–Kier alpha value is -1.22. The van der Waals surface area contributed by atoms with Gasteiger partial charge in [-0.15, -0.1) is 0 Å². The van der Waals surface area contributed by atoms with Crippen molar-refractivity contribution in [1.29, 1.82) is 0 Å². The second-order valence-electron chi connectivity index (χ2n) is 5.33. The van der Waals surface area contributed by atoms with Crippen LogP contribution >= 0.6 is 0 Å². The summed E-state index contributed by atoms with van der Waals surface area (Å²) in [4.78, 5) is 14.0. The molecule has 0 aliphatic heterocycles. The summed E-state index contributed by atoms with van der Waals surface area (Å²) in [6.45, 7) is 6.65. The number of benzene rings is 1. The molecule has 100 valence electrons. The van der Waals surface area contributed by atoms with Crippen molar-refractivity contribution in [2.45, 2.75) is 39.2 Å². The quantitative estimate of drug-likeness (QED) is 0.774. The van der Waals surface area contributed by atoms with Crippen LogP contribution in [0.5, 0.6) is 0 Å². The molecule has 0 aliphatic carbocycles. The van der Waals surface area contributed by atoms with Gasteiger partial charge in [-0.3, -0.25) is 9.69 Å². The predicted molar refractivity (Wildman–Crippen MR) is 72.1 cm³/mol. The number of likely N-dealkylation sites (N-methyl/N-ethyl adjacent to an activating group) is 1. The SMILES string of the molecule is CCC(C)(C)N(C)CC(=O)Cc1ccccc1F. The van der Waals surface area contributed by atoms with E-state index in [4.69, 9.17) is 0 Å². The van der Waals surface area contributed by atoms with Gasteiger partial charge in [0.15, 0.2) is 5.78 Å². The molecule has 0 radical (unpaired) electrons. The van der Waals surface area contributed by atoms with E-state index in [1.807, 2.05) is 11.9 Å². The Kier molecular flexibility index (Phi) is 5.03. The predicted octanol–water partition coefficient (Wildman–Crippen LogP) is 3.06. The molecular formula is C15H22FNO. The monoisotopic (exact) mass is 251 g/mol. The lowest BCUT2D eigenvalue weighted by atomic mass is 9.99. The summed E-state index contributed by atoms with van der Waals surface area (Å²) in [7, 11) is 1.93. The summed E-state index contributed by atoms with van der Waals surface area (Å²) < 4.78 is 13.4. The largest absolute Gasteiger partial charge is 0.298 e. The third-order valence-corrected chi connectivity index (χ3v) is 3.66. The number of hydrogen-bond donors (Lipinski definition) is 0. The van der Waals surface area contributed by atoms with Crippen molar-refractivity contribution in [1.82, 2.24) is 4.90 Å². The van der Waals surface area contributed by atoms with Crippen molar-refractivity contribution >= 4 is 5.78 Å². The number of Topliss-reactive ketones (excluding diaryl/α,β-unsaturated/α-hetero) is 1. The standard InChI is InChI=1S/C15H22FNO/c1-5-15(2,3)17(4)11-13(18)10-12-8-6-7-9-14(12)16/h6-9H,5,10-11H2,1-4H3. The highest BCUT2D eigenvalue weighted by molar-refractivity contribution is 5.82. The topological polar surface area (TPSA) is 20.3 Å². The van der Waals surface area contributed by atoms with Crippen molar-refractivity contribution in [2.75, 3.05) is 13.6 Å². The molecular weight excluding hydrogens is 229 g/mol. The summed E-state index contributed by atoms with van der Waals surface area (Å²) in [5.74, 6) is -0.257. The summed E-state index contributed by atoms with van der Waals surface area (Å²) in [5, 5.41) is 0. The minimum atomic E-state index is -0.303. The average Bonchev–Trinajstić information content (AvgIpc) is 2.32. The first-order valence-electron chi connectivity index (χ1n) is 6.33. The smallest absolute Gasteiger partial charge is 0.151 e. The molecule has 0 unspecified atom stereocenters. The molecule has 0 heterocycles. The van der Waals surface area contributed by atoms with Gasteiger partial charge in [-0.1, -0.05) is 25.1 Å². The van der Waals surface area contributed by atoms with Crippen LogP contribution in [0.2, 0.25) is 0 Å². The van der Waals surface area contributed by atoms with Gasteiger partial charge in [0.25, 0.3) is 0 Å². The zero-order chi connectivity index (χ0) is 13.8. The van der Waals surface area contributed by atoms with E-state index in [1.165, 1.54) is 6.07 Å². The highest BCUT2D eigenvalue weighted by atomic mass is 19.1. The van der Waals surface area contributed by atoms with Crippen LogP contribution < -0.4 is 0 Å². The Balaban J connectivity index is 2.60. The number of carbonyl (C=O) groups excluding carboxylic acids is 1. The van der Waals surface area contributed by atoms with E-state index < -0.39 is 0 Å². The van der Waals surface area contributed by atoms with Gasteiger partial charge in [-0.25, -0.2) is 4.39 Å². The van der Waals surface area contributed by atoms with Gasteiger partial charge in [0.1, 0.15) is 5.82 Å². The first-order valence-corrected chi connectivity index (χ1v) is 6.33. The molecule has 0 amide bonds. The zero-order valence-corrected chi connectivity index (χ0v) is 11.7. The maximum absolute atomic E-state index is 13.4. The van der Waals surface area contributed by atoms with Crippen LogP contribution in [0.25, 0.3) is 0 Å². The third-order valence-electron chi connectivity index (χ3n) is 3.66. The number of halogens is 1. The molecule has 3 heteroatoms. The van der Waals surface area contributed by atoms with Gasteiger partial charge in [-0.2, -0.15) is 0 Å². The fourth-order valence-corrected chi connectivity index (χ4v) is 1.66. The molecule has 0 fully saturated rings. The summed E-state index contributed by atoms with van der Waals surface area (Å²) in [6, 6.07) is 6.45. The van der Waals surface area contributed by atoms with Gasteiger partial charge >= 0.3 is 0 Å².